The van der Waals surface area contributed by atoms with Crippen molar-refractivity contribution in [2.75, 3.05) is 7.11 Å². The maximum atomic E-state index is 11.8. The van der Waals surface area contributed by atoms with E-state index in [1.807, 2.05) is 41.9 Å². The number of rotatable bonds is 4. The Kier molecular flexibility index (Phi) is 5.80. The average molecular weight is 360 g/mol. The average Bonchev–Trinajstić information content (AvgIpc) is 2.91. The summed E-state index contributed by atoms with van der Waals surface area (Å²) in [6.45, 7) is 6.35. The van der Waals surface area contributed by atoms with Crippen molar-refractivity contribution in [3.05, 3.63) is 53.3 Å². The van der Waals surface area contributed by atoms with Gasteiger partial charge in [-0.2, -0.15) is 5.10 Å². The lowest BCUT2D eigenvalue weighted by Gasteiger charge is -2.06. The maximum absolute atomic E-state index is 11.8. The molecule has 0 bridgehead atoms. The van der Waals surface area contributed by atoms with Gasteiger partial charge < -0.3 is 4.74 Å². The zero-order valence-electron chi connectivity index (χ0n) is 14.8. The number of halogens is 1. The van der Waals surface area contributed by atoms with Crippen LogP contribution in [0.15, 0.2) is 36.5 Å². The van der Waals surface area contributed by atoms with E-state index in [4.69, 9.17) is 9.84 Å². The zero-order chi connectivity index (χ0) is 17.3. The number of fused-ring (bicyclic) bond motifs is 1. The lowest BCUT2D eigenvalue weighted by molar-refractivity contribution is 0.0600. The number of para-hydroxylation sites is 1. The molecule has 3 rings (SSSR count). The Labute approximate surface area is 153 Å². The number of carbonyl (C=O) groups is 1. The first-order chi connectivity index (χ1) is 11.5. The van der Waals surface area contributed by atoms with Gasteiger partial charge in [0.2, 0.25) is 0 Å². The summed E-state index contributed by atoms with van der Waals surface area (Å²) < 4.78 is 6.68. The molecular weight excluding hydrogens is 338 g/mol. The number of benzene rings is 1. The van der Waals surface area contributed by atoms with Crippen molar-refractivity contribution in [3.63, 3.8) is 0 Å². The highest BCUT2D eigenvalue weighted by Gasteiger charge is 2.17. The van der Waals surface area contributed by atoms with Gasteiger partial charge in [-0.15, -0.1) is 12.4 Å². The largest absolute Gasteiger partial charge is 0.465 e. The van der Waals surface area contributed by atoms with Crippen molar-refractivity contribution in [1.82, 2.24) is 14.8 Å². The Morgan fingerprint density at radius 1 is 1.28 bits per heavy atom. The minimum absolute atomic E-state index is 0. The Balaban J connectivity index is 0.00000225. The third-order valence-corrected chi connectivity index (χ3v) is 3.97. The van der Waals surface area contributed by atoms with Gasteiger partial charge in [-0.05, 0) is 37.0 Å². The molecule has 0 radical (unpaired) electrons. The van der Waals surface area contributed by atoms with E-state index in [0.717, 1.165) is 34.4 Å². The number of nitrogens with zero attached hydrogens (tertiary/aromatic N) is 3. The Bertz CT molecular complexity index is 903. The number of methoxy groups -OCH3 is 1. The van der Waals surface area contributed by atoms with Crippen molar-refractivity contribution < 1.29 is 9.53 Å². The highest BCUT2D eigenvalue weighted by Crippen LogP contribution is 2.25. The third-order valence-electron chi connectivity index (χ3n) is 3.97. The molecule has 6 heteroatoms. The molecule has 132 valence electrons. The Hall–Kier alpha value is -2.40. The second kappa shape index (κ2) is 7.66. The van der Waals surface area contributed by atoms with Crippen LogP contribution >= 0.6 is 12.4 Å². The number of pyridine rings is 1. The number of hydrogen-bond donors (Lipinski definition) is 0. The van der Waals surface area contributed by atoms with Crippen LogP contribution in [0.2, 0.25) is 0 Å². The van der Waals surface area contributed by atoms with Gasteiger partial charge in [-0.25, -0.2) is 14.5 Å². The van der Waals surface area contributed by atoms with Gasteiger partial charge in [-0.1, -0.05) is 32.0 Å². The molecule has 0 saturated heterocycles. The van der Waals surface area contributed by atoms with Crippen LogP contribution in [-0.2, 0) is 11.2 Å². The van der Waals surface area contributed by atoms with Crippen LogP contribution in [0, 0.1) is 12.8 Å². The summed E-state index contributed by atoms with van der Waals surface area (Å²) in [5, 5.41) is 5.69. The van der Waals surface area contributed by atoms with Gasteiger partial charge in [0.15, 0.2) is 5.65 Å². The van der Waals surface area contributed by atoms with E-state index < -0.39 is 0 Å². The van der Waals surface area contributed by atoms with E-state index in [-0.39, 0.29) is 18.4 Å². The summed E-state index contributed by atoms with van der Waals surface area (Å²) in [4.78, 5) is 16.3. The van der Waals surface area contributed by atoms with Crippen LogP contribution in [0.5, 0.6) is 0 Å². The van der Waals surface area contributed by atoms with E-state index in [2.05, 4.69) is 18.8 Å². The SMILES string of the molecule is COC(=O)c1cnc2c(c1)c(CC(C)C)nn2-c1ccccc1C.Cl. The maximum Gasteiger partial charge on any atom is 0.339 e. The van der Waals surface area contributed by atoms with Gasteiger partial charge in [0.1, 0.15) is 0 Å². The molecule has 0 aliphatic rings. The number of aromatic nitrogens is 3. The minimum atomic E-state index is -0.386. The van der Waals surface area contributed by atoms with Crippen LogP contribution in [0.1, 0.15) is 35.5 Å². The molecule has 0 amide bonds. The summed E-state index contributed by atoms with van der Waals surface area (Å²) in [6, 6.07) is 9.89. The molecule has 5 nitrogen and oxygen atoms in total. The van der Waals surface area contributed by atoms with E-state index in [1.54, 1.807) is 6.20 Å². The first kappa shape index (κ1) is 18.9. The molecule has 3 aromatic rings. The molecule has 2 aromatic heterocycles. The van der Waals surface area contributed by atoms with E-state index >= 15 is 0 Å². The van der Waals surface area contributed by atoms with Crippen LogP contribution in [-0.4, -0.2) is 27.8 Å². The number of esters is 1. The van der Waals surface area contributed by atoms with Crippen molar-refractivity contribution in [1.29, 1.82) is 0 Å². The molecule has 0 aliphatic carbocycles. The monoisotopic (exact) mass is 359 g/mol. The number of carbonyl (C=O) groups excluding carboxylic acids is 1. The molecule has 0 unspecified atom stereocenters. The number of hydrogen-bond acceptors (Lipinski definition) is 4. The molecule has 0 atom stereocenters. The molecule has 0 N–H and O–H groups in total. The summed E-state index contributed by atoms with van der Waals surface area (Å²) >= 11 is 0. The fourth-order valence-corrected chi connectivity index (χ4v) is 2.80. The van der Waals surface area contributed by atoms with Crippen molar-refractivity contribution in [2.45, 2.75) is 27.2 Å². The normalized spacial score (nSPS) is 10.8. The predicted molar refractivity (Wildman–Crippen MR) is 101 cm³/mol. The van der Waals surface area contributed by atoms with Crippen LogP contribution in [0.3, 0.4) is 0 Å². The first-order valence-electron chi connectivity index (χ1n) is 8.03. The van der Waals surface area contributed by atoms with Crippen LogP contribution in [0.4, 0.5) is 0 Å². The first-order valence-corrected chi connectivity index (χ1v) is 8.03. The van der Waals surface area contributed by atoms with Crippen molar-refractivity contribution in [3.8, 4) is 5.69 Å². The van der Waals surface area contributed by atoms with Crippen molar-refractivity contribution >= 4 is 29.4 Å². The topological polar surface area (TPSA) is 57.0 Å². The summed E-state index contributed by atoms with van der Waals surface area (Å²) in [6.07, 6.45) is 2.37. The van der Waals surface area contributed by atoms with E-state index in [9.17, 15) is 4.79 Å². The molecule has 0 fully saturated rings. The molecule has 0 saturated carbocycles. The van der Waals surface area contributed by atoms with Crippen LogP contribution in [0.25, 0.3) is 16.7 Å². The summed E-state index contributed by atoms with van der Waals surface area (Å²) in [7, 11) is 1.37. The highest BCUT2D eigenvalue weighted by atomic mass is 35.5. The predicted octanol–water partition coefficient (Wildman–Crippen LogP) is 4.14. The van der Waals surface area contributed by atoms with Gasteiger partial charge in [0.25, 0.3) is 0 Å². The fraction of sp³-hybridized carbons (Fsp3) is 0.316. The second-order valence-electron chi connectivity index (χ2n) is 6.33. The standard InChI is InChI=1S/C19H21N3O2.ClH/c1-12(2)9-16-15-10-14(19(23)24-4)11-20-18(15)22(21-16)17-8-6-5-7-13(17)3;/h5-8,10-12H,9H2,1-4H3;1H. The second-order valence-corrected chi connectivity index (χ2v) is 6.33. The molecule has 0 spiro atoms. The molecular formula is C19H22ClN3O2. The molecule has 2 heterocycles. The van der Waals surface area contributed by atoms with E-state index in [0.29, 0.717) is 11.5 Å². The van der Waals surface area contributed by atoms with E-state index in [1.165, 1.54) is 7.11 Å². The summed E-state index contributed by atoms with van der Waals surface area (Å²) in [5.41, 5.74) is 4.26. The number of ether oxygens (including phenoxy) is 1. The third kappa shape index (κ3) is 3.66. The van der Waals surface area contributed by atoms with Crippen molar-refractivity contribution in [2.24, 2.45) is 5.92 Å². The molecule has 0 aliphatic heterocycles. The zero-order valence-corrected chi connectivity index (χ0v) is 15.6. The van der Waals surface area contributed by atoms with Gasteiger partial charge in [-0.3, -0.25) is 0 Å². The van der Waals surface area contributed by atoms with Gasteiger partial charge in [0.05, 0.1) is 24.1 Å². The lowest BCUT2D eigenvalue weighted by atomic mass is 10.1. The fourth-order valence-electron chi connectivity index (χ4n) is 2.80. The minimum Gasteiger partial charge on any atom is -0.465 e. The molecule has 25 heavy (non-hydrogen) atoms. The van der Waals surface area contributed by atoms with Gasteiger partial charge >= 0.3 is 5.97 Å². The molecule has 1 aromatic carbocycles. The number of aryl methyl sites for hydroxylation is 1. The summed E-state index contributed by atoms with van der Waals surface area (Å²) in [5.74, 6) is 0.0683. The van der Waals surface area contributed by atoms with Gasteiger partial charge in [0, 0.05) is 11.6 Å². The Morgan fingerprint density at radius 2 is 2.00 bits per heavy atom. The Morgan fingerprint density at radius 3 is 2.64 bits per heavy atom. The quantitative estimate of drug-likeness (QED) is 0.657. The highest BCUT2D eigenvalue weighted by molar-refractivity contribution is 5.94. The lowest BCUT2D eigenvalue weighted by Crippen LogP contribution is -2.03. The van der Waals surface area contributed by atoms with Crippen LogP contribution < -0.4 is 0 Å². The smallest absolute Gasteiger partial charge is 0.339 e.